The second-order valence-electron chi connectivity index (χ2n) is 8.56. The Balaban J connectivity index is 1.64. The normalized spacial score (nSPS) is 15.3. The number of pyridine rings is 1. The molecule has 0 spiro atoms. The number of hydrogen-bond donors (Lipinski definition) is 1. The first kappa shape index (κ1) is 22.8. The molecule has 0 aliphatic carbocycles. The molecule has 1 aliphatic heterocycles. The number of fused-ring (bicyclic) bond motifs is 2. The van der Waals surface area contributed by atoms with Gasteiger partial charge in [0.2, 0.25) is 0 Å². The maximum atomic E-state index is 13.0. The molecule has 0 bridgehead atoms. The van der Waals surface area contributed by atoms with E-state index < -0.39 is 17.7 Å². The number of hydrogen-bond acceptors (Lipinski definition) is 3. The van der Waals surface area contributed by atoms with Crippen LogP contribution in [0, 0.1) is 0 Å². The summed E-state index contributed by atoms with van der Waals surface area (Å²) in [6.45, 7) is 1.47. The first-order valence-corrected chi connectivity index (χ1v) is 11.1. The SMILES string of the molecule is O=C(O)c1c2c(nc3ccccc13)C(=Cc1ccc(C(F)(F)F)cc1)CN(Cc1ccccc1)C2. The summed E-state index contributed by atoms with van der Waals surface area (Å²) in [7, 11) is 0. The van der Waals surface area contributed by atoms with Crippen molar-refractivity contribution < 1.29 is 23.1 Å². The quantitative estimate of drug-likeness (QED) is 0.366. The van der Waals surface area contributed by atoms with Crippen molar-refractivity contribution in [1.82, 2.24) is 9.88 Å². The van der Waals surface area contributed by atoms with E-state index in [2.05, 4.69) is 4.90 Å². The van der Waals surface area contributed by atoms with E-state index in [9.17, 15) is 23.1 Å². The number of aromatic nitrogens is 1. The lowest BCUT2D eigenvalue weighted by molar-refractivity contribution is -0.137. The standard InChI is InChI=1S/C28H21F3N2O2/c29-28(30,31)21-12-10-18(11-13-21)14-20-16-33(15-19-6-2-1-3-7-19)17-23-25(27(34)35)22-8-4-5-9-24(22)32-26(20)23/h1-14H,15-17H2,(H,34,35). The van der Waals surface area contributed by atoms with E-state index in [4.69, 9.17) is 4.98 Å². The Labute approximate surface area is 200 Å². The Morgan fingerprint density at radius 1 is 0.943 bits per heavy atom. The maximum Gasteiger partial charge on any atom is 0.416 e. The Morgan fingerprint density at radius 3 is 2.31 bits per heavy atom. The molecule has 0 saturated heterocycles. The van der Waals surface area contributed by atoms with Crippen LogP contribution in [0.5, 0.6) is 0 Å². The molecule has 7 heteroatoms. The summed E-state index contributed by atoms with van der Waals surface area (Å²) in [5, 5.41) is 10.7. The number of carbonyl (C=O) groups is 1. The summed E-state index contributed by atoms with van der Waals surface area (Å²) in [5.74, 6) is -1.03. The Kier molecular flexibility index (Phi) is 5.86. The van der Waals surface area contributed by atoms with Crippen LogP contribution in [-0.2, 0) is 19.3 Å². The number of carboxylic acids is 1. The zero-order chi connectivity index (χ0) is 24.6. The van der Waals surface area contributed by atoms with Crippen molar-refractivity contribution in [3.05, 3.63) is 112 Å². The summed E-state index contributed by atoms with van der Waals surface area (Å²) in [4.78, 5) is 19.3. The molecule has 0 fully saturated rings. The number of benzene rings is 3. The van der Waals surface area contributed by atoms with Gasteiger partial charge in [0, 0.05) is 30.6 Å². The average Bonchev–Trinajstić information content (AvgIpc) is 2.83. The van der Waals surface area contributed by atoms with Gasteiger partial charge in [0.25, 0.3) is 0 Å². The summed E-state index contributed by atoms with van der Waals surface area (Å²) < 4.78 is 39.0. The molecular formula is C28H21F3N2O2. The van der Waals surface area contributed by atoms with Crippen LogP contribution in [0.4, 0.5) is 13.2 Å². The first-order chi connectivity index (χ1) is 16.8. The molecule has 2 heterocycles. The number of halogens is 3. The van der Waals surface area contributed by atoms with E-state index in [0.29, 0.717) is 47.4 Å². The third kappa shape index (κ3) is 4.68. The first-order valence-electron chi connectivity index (χ1n) is 11.1. The van der Waals surface area contributed by atoms with Gasteiger partial charge in [-0.1, -0.05) is 60.7 Å². The van der Waals surface area contributed by atoms with E-state index in [0.717, 1.165) is 23.3 Å². The van der Waals surface area contributed by atoms with Crippen LogP contribution in [-0.4, -0.2) is 27.5 Å². The number of carboxylic acid groups (broad SMARTS) is 1. The van der Waals surface area contributed by atoms with Crippen LogP contribution >= 0.6 is 0 Å². The lowest BCUT2D eigenvalue weighted by Gasteiger charge is -2.31. The fourth-order valence-corrected chi connectivity index (χ4v) is 4.55. The smallest absolute Gasteiger partial charge is 0.416 e. The highest BCUT2D eigenvalue weighted by atomic mass is 19.4. The second kappa shape index (κ2) is 9.00. The Morgan fingerprint density at radius 2 is 1.63 bits per heavy atom. The molecule has 0 unspecified atom stereocenters. The molecule has 35 heavy (non-hydrogen) atoms. The van der Waals surface area contributed by atoms with Crippen molar-refractivity contribution in [2.45, 2.75) is 19.3 Å². The highest BCUT2D eigenvalue weighted by Gasteiger charge is 2.31. The predicted molar refractivity (Wildman–Crippen MR) is 129 cm³/mol. The van der Waals surface area contributed by atoms with Crippen molar-refractivity contribution >= 4 is 28.5 Å². The van der Waals surface area contributed by atoms with E-state index in [1.807, 2.05) is 30.3 Å². The van der Waals surface area contributed by atoms with Crippen LogP contribution in [0.15, 0.2) is 78.9 Å². The van der Waals surface area contributed by atoms with E-state index in [1.165, 1.54) is 12.1 Å². The van der Waals surface area contributed by atoms with Crippen molar-refractivity contribution in [2.75, 3.05) is 6.54 Å². The molecule has 3 aromatic carbocycles. The van der Waals surface area contributed by atoms with Crippen molar-refractivity contribution in [2.24, 2.45) is 0 Å². The lowest BCUT2D eigenvalue weighted by atomic mass is 9.91. The Bertz CT molecular complexity index is 1430. The molecule has 4 aromatic rings. The van der Waals surface area contributed by atoms with E-state index >= 15 is 0 Å². The summed E-state index contributed by atoms with van der Waals surface area (Å²) in [6, 6.07) is 21.9. The lowest BCUT2D eigenvalue weighted by Crippen LogP contribution is -2.31. The zero-order valence-corrected chi connectivity index (χ0v) is 18.6. The molecule has 0 radical (unpaired) electrons. The summed E-state index contributed by atoms with van der Waals surface area (Å²) in [6.07, 6.45) is -2.62. The molecular weight excluding hydrogens is 453 g/mol. The number of nitrogens with zero attached hydrogens (tertiary/aromatic N) is 2. The van der Waals surface area contributed by atoms with Gasteiger partial charge >= 0.3 is 12.1 Å². The number of rotatable bonds is 4. The van der Waals surface area contributed by atoms with Gasteiger partial charge in [0.05, 0.1) is 22.3 Å². The number of aromatic carboxylic acids is 1. The molecule has 176 valence electrons. The van der Waals surface area contributed by atoms with Crippen molar-refractivity contribution in [1.29, 1.82) is 0 Å². The molecule has 4 nitrogen and oxygen atoms in total. The third-order valence-corrected chi connectivity index (χ3v) is 6.11. The minimum Gasteiger partial charge on any atom is -0.478 e. The fraction of sp³-hybridized carbons (Fsp3) is 0.143. The minimum absolute atomic E-state index is 0.210. The molecule has 1 aromatic heterocycles. The highest BCUT2D eigenvalue weighted by molar-refractivity contribution is 6.06. The fourth-order valence-electron chi connectivity index (χ4n) is 4.55. The number of para-hydroxylation sites is 1. The van der Waals surface area contributed by atoms with Gasteiger partial charge in [-0.05, 0) is 41.0 Å². The van der Waals surface area contributed by atoms with Crippen LogP contribution in [0.1, 0.15) is 38.3 Å². The van der Waals surface area contributed by atoms with Gasteiger partial charge in [-0.2, -0.15) is 13.2 Å². The van der Waals surface area contributed by atoms with Crippen LogP contribution < -0.4 is 0 Å². The summed E-state index contributed by atoms with van der Waals surface area (Å²) in [5.41, 5.74) is 3.67. The molecule has 1 N–H and O–H groups in total. The van der Waals surface area contributed by atoms with Gasteiger partial charge in [-0.15, -0.1) is 0 Å². The van der Waals surface area contributed by atoms with Gasteiger partial charge in [-0.25, -0.2) is 9.78 Å². The maximum absolute atomic E-state index is 13.0. The van der Waals surface area contributed by atoms with E-state index in [-0.39, 0.29) is 5.56 Å². The van der Waals surface area contributed by atoms with Gasteiger partial charge in [0.1, 0.15) is 0 Å². The molecule has 1 aliphatic rings. The predicted octanol–water partition coefficient (Wildman–Crippen LogP) is 6.51. The summed E-state index contributed by atoms with van der Waals surface area (Å²) >= 11 is 0. The third-order valence-electron chi connectivity index (χ3n) is 6.11. The van der Waals surface area contributed by atoms with Crippen LogP contribution in [0.2, 0.25) is 0 Å². The van der Waals surface area contributed by atoms with E-state index in [1.54, 1.807) is 30.3 Å². The topological polar surface area (TPSA) is 53.4 Å². The number of alkyl halides is 3. The molecule has 0 amide bonds. The van der Waals surface area contributed by atoms with Gasteiger partial charge in [-0.3, -0.25) is 4.90 Å². The highest BCUT2D eigenvalue weighted by Crippen LogP contribution is 2.35. The van der Waals surface area contributed by atoms with Gasteiger partial charge in [0.15, 0.2) is 0 Å². The van der Waals surface area contributed by atoms with Crippen molar-refractivity contribution in [3.8, 4) is 0 Å². The Hall–Kier alpha value is -3.97. The molecule has 5 rings (SSSR count). The van der Waals surface area contributed by atoms with Gasteiger partial charge < -0.3 is 5.11 Å². The molecule has 0 atom stereocenters. The zero-order valence-electron chi connectivity index (χ0n) is 18.6. The second-order valence-corrected chi connectivity index (χ2v) is 8.56. The van der Waals surface area contributed by atoms with Crippen molar-refractivity contribution in [3.63, 3.8) is 0 Å². The van der Waals surface area contributed by atoms with Crippen LogP contribution in [0.3, 0.4) is 0 Å². The monoisotopic (exact) mass is 474 g/mol. The minimum atomic E-state index is -4.41. The van der Waals surface area contributed by atoms with Crippen LogP contribution in [0.25, 0.3) is 22.6 Å². The molecule has 0 saturated carbocycles. The largest absolute Gasteiger partial charge is 0.478 e. The average molecular weight is 474 g/mol.